The number of rotatable bonds is 15. The molecule has 2 N–H and O–H groups in total. The third-order valence-corrected chi connectivity index (χ3v) is 3.66. The molecule has 0 radical (unpaired) electrons. The number of carbonyl (C=O) groups excluding carboxylic acids is 1. The van der Waals surface area contributed by atoms with Gasteiger partial charge in [0.05, 0.1) is 6.54 Å². The topological polar surface area (TPSA) is 78.9 Å². The fourth-order valence-corrected chi connectivity index (χ4v) is 2.39. The molecule has 6 nitrogen and oxygen atoms in total. The molecule has 0 spiro atoms. The molecule has 0 aliphatic carbocycles. The molecule has 0 aliphatic heterocycles. The van der Waals surface area contributed by atoms with Crippen LogP contribution >= 0.6 is 0 Å². The standard InChI is InChI=1S/C21H34N2O4/c1-5-7-12-19(6-2)17-27-21(26)22-13-10-8-9-11-14-23(15-18(3)4)16-20(24)25/h5-7,12H,2-3,8-11,13-17H2,1,4H3,(H,22,26)(H,24,25). The lowest BCUT2D eigenvalue weighted by molar-refractivity contribution is -0.138. The minimum atomic E-state index is -0.820. The molecule has 0 aromatic carbocycles. The molecule has 1 amide bonds. The Morgan fingerprint density at radius 2 is 1.89 bits per heavy atom. The van der Waals surface area contributed by atoms with Crippen molar-refractivity contribution >= 4 is 12.1 Å². The molecule has 0 aromatic rings. The number of nitrogens with one attached hydrogen (secondary N) is 1. The second-order valence-corrected chi connectivity index (χ2v) is 6.45. The van der Waals surface area contributed by atoms with E-state index in [1.54, 1.807) is 6.08 Å². The predicted octanol–water partition coefficient (Wildman–Crippen LogP) is 3.92. The predicted molar refractivity (Wildman–Crippen MR) is 110 cm³/mol. The highest BCUT2D eigenvalue weighted by atomic mass is 16.5. The van der Waals surface area contributed by atoms with Gasteiger partial charge in [-0.25, -0.2) is 4.79 Å². The van der Waals surface area contributed by atoms with Crippen LogP contribution < -0.4 is 5.32 Å². The molecule has 0 atom stereocenters. The molecule has 0 saturated carbocycles. The first-order chi connectivity index (χ1) is 12.9. The van der Waals surface area contributed by atoms with Crippen LogP contribution in [0.15, 0.2) is 48.6 Å². The smallest absolute Gasteiger partial charge is 0.407 e. The number of aliphatic carboxylic acids is 1. The van der Waals surface area contributed by atoms with Gasteiger partial charge in [-0.3, -0.25) is 9.69 Å². The number of allylic oxidation sites excluding steroid dienone is 3. The summed E-state index contributed by atoms with van der Waals surface area (Å²) in [6.07, 6.45) is 10.6. The lowest BCUT2D eigenvalue weighted by Gasteiger charge is -2.20. The maximum atomic E-state index is 11.6. The minimum absolute atomic E-state index is 0.0371. The van der Waals surface area contributed by atoms with Crippen molar-refractivity contribution in [3.05, 3.63) is 48.6 Å². The summed E-state index contributed by atoms with van der Waals surface area (Å²) in [7, 11) is 0. The van der Waals surface area contributed by atoms with Crippen LogP contribution in [0.5, 0.6) is 0 Å². The number of nitrogens with zero attached hydrogens (tertiary/aromatic N) is 1. The van der Waals surface area contributed by atoms with Gasteiger partial charge in [0.15, 0.2) is 0 Å². The Hall–Kier alpha value is -2.34. The fourth-order valence-electron chi connectivity index (χ4n) is 2.39. The monoisotopic (exact) mass is 378 g/mol. The van der Waals surface area contributed by atoms with Crippen molar-refractivity contribution in [2.45, 2.75) is 39.5 Å². The van der Waals surface area contributed by atoms with E-state index in [4.69, 9.17) is 9.84 Å². The molecule has 0 rings (SSSR count). The number of hydrogen-bond donors (Lipinski definition) is 2. The first-order valence-corrected chi connectivity index (χ1v) is 9.32. The van der Waals surface area contributed by atoms with Gasteiger partial charge in [-0.05, 0) is 38.8 Å². The average molecular weight is 379 g/mol. The zero-order valence-corrected chi connectivity index (χ0v) is 16.7. The van der Waals surface area contributed by atoms with Crippen molar-refractivity contribution in [2.75, 3.05) is 32.8 Å². The van der Waals surface area contributed by atoms with E-state index in [1.165, 1.54) is 0 Å². The normalized spacial score (nSPS) is 11.6. The second-order valence-electron chi connectivity index (χ2n) is 6.45. The molecule has 27 heavy (non-hydrogen) atoms. The van der Waals surface area contributed by atoms with Crippen LogP contribution in [-0.2, 0) is 9.53 Å². The number of carboxylic acids is 1. The molecular weight excluding hydrogens is 344 g/mol. The third-order valence-electron chi connectivity index (χ3n) is 3.66. The van der Waals surface area contributed by atoms with Crippen LogP contribution in [0.4, 0.5) is 4.79 Å². The van der Waals surface area contributed by atoms with Crippen molar-refractivity contribution in [1.29, 1.82) is 0 Å². The first-order valence-electron chi connectivity index (χ1n) is 9.32. The molecule has 0 aromatic heterocycles. The van der Waals surface area contributed by atoms with Crippen molar-refractivity contribution in [1.82, 2.24) is 10.2 Å². The van der Waals surface area contributed by atoms with Gasteiger partial charge in [0.1, 0.15) is 6.61 Å². The van der Waals surface area contributed by atoms with Gasteiger partial charge in [0.2, 0.25) is 0 Å². The number of amides is 1. The molecule has 0 unspecified atom stereocenters. The van der Waals surface area contributed by atoms with E-state index in [1.807, 2.05) is 37.0 Å². The molecule has 0 bridgehead atoms. The number of ether oxygens (including phenoxy) is 1. The SMILES string of the molecule is C=CC(=CC=CC)COC(=O)NCCCCCCN(CC(=C)C)CC(=O)O. The van der Waals surface area contributed by atoms with Gasteiger partial charge in [-0.2, -0.15) is 0 Å². The van der Waals surface area contributed by atoms with Gasteiger partial charge < -0.3 is 15.2 Å². The highest BCUT2D eigenvalue weighted by Crippen LogP contribution is 2.04. The molecule has 152 valence electrons. The Morgan fingerprint density at radius 1 is 1.19 bits per heavy atom. The molecule has 6 heteroatoms. The lowest BCUT2D eigenvalue weighted by Crippen LogP contribution is -2.32. The summed E-state index contributed by atoms with van der Waals surface area (Å²) in [5, 5.41) is 11.7. The highest BCUT2D eigenvalue weighted by Gasteiger charge is 2.09. The van der Waals surface area contributed by atoms with Crippen molar-refractivity contribution < 1.29 is 19.4 Å². The Kier molecular flexibility index (Phi) is 14.5. The van der Waals surface area contributed by atoms with Gasteiger partial charge in [0, 0.05) is 13.1 Å². The van der Waals surface area contributed by atoms with Gasteiger partial charge in [-0.15, -0.1) is 0 Å². The van der Waals surface area contributed by atoms with E-state index in [9.17, 15) is 9.59 Å². The molecule has 0 aliphatic rings. The van der Waals surface area contributed by atoms with Crippen LogP contribution in [0.2, 0.25) is 0 Å². The fraction of sp³-hybridized carbons (Fsp3) is 0.524. The zero-order valence-electron chi connectivity index (χ0n) is 16.7. The molecular formula is C21H34N2O4. The lowest BCUT2D eigenvalue weighted by atomic mass is 10.2. The van der Waals surface area contributed by atoms with E-state index in [-0.39, 0.29) is 13.2 Å². The number of unbranched alkanes of at least 4 members (excludes halogenated alkanes) is 3. The van der Waals surface area contributed by atoms with Gasteiger partial charge in [0.25, 0.3) is 0 Å². The van der Waals surface area contributed by atoms with Crippen LogP contribution in [0.1, 0.15) is 39.5 Å². The summed E-state index contributed by atoms with van der Waals surface area (Å²) in [5.74, 6) is -0.820. The third kappa shape index (κ3) is 15.6. The van der Waals surface area contributed by atoms with E-state index in [2.05, 4.69) is 18.5 Å². The zero-order chi connectivity index (χ0) is 20.5. The summed E-state index contributed by atoms with van der Waals surface area (Å²) < 4.78 is 5.13. The van der Waals surface area contributed by atoms with Crippen molar-refractivity contribution in [3.8, 4) is 0 Å². The van der Waals surface area contributed by atoms with E-state index < -0.39 is 12.1 Å². The Labute approximate surface area is 163 Å². The Bertz CT molecular complexity index is 522. The number of carbonyl (C=O) groups is 2. The van der Waals surface area contributed by atoms with Crippen LogP contribution in [0.25, 0.3) is 0 Å². The minimum Gasteiger partial charge on any atom is -0.480 e. The van der Waals surface area contributed by atoms with Crippen molar-refractivity contribution in [2.24, 2.45) is 0 Å². The summed E-state index contributed by atoms with van der Waals surface area (Å²) >= 11 is 0. The first kappa shape index (κ1) is 24.7. The number of hydrogen-bond acceptors (Lipinski definition) is 4. The Morgan fingerprint density at radius 3 is 2.48 bits per heavy atom. The maximum Gasteiger partial charge on any atom is 0.407 e. The van der Waals surface area contributed by atoms with Crippen LogP contribution in [0.3, 0.4) is 0 Å². The Balaban J connectivity index is 3.83. The summed E-state index contributed by atoms with van der Waals surface area (Å²) in [4.78, 5) is 24.4. The largest absolute Gasteiger partial charge is 0.480 e. The van der Waals surface area contributed by atoms with Crippen LogP contribution in [-0.4, -0.2) is 54.9 Å². The summed E-state index contributed by atoms with van der Waals surface area (Å²) in [6.45, 7) is 13.5. The average Bonchev–Trinajstić information content (AvgIpc) is 2.59. The second kappa shape index (κ2) is 15.9. The number of carboxylic acid groups (broad SMARTS) is 1. The number of alkyl carbamates (subject to hydrolysis) is 1. The van der Waals surface area contributed by atoms with Gasteiger partial charge in [-0.1, -0.05) is 55.9 Å². The molecule has 0 saturated heterocycles. The highest BCUT2D eigenvalue weighted by molar-refractivity contribution is 5.69. The van der Waals surface area contributed by atoms with E-state index >= 15 is 0 Å². The van der Waals surface area contributed by atoms with Crippen molar-refractivity contribution in [3.63, 3.8) is 0 Å². The quantitative estimate of drug-likeness (QED) is 0.256. The molecule has 0 heterocycles. The molecule has 0 fully saturated rings. The summed E-state index contributed by atoms with van der Waals surface area (Å²) in [6, 6.07) is 0. The van der Waals surface area contributed by atoms with E-state index in [0.29, 0.717) is 13.1 Å². The van der Waals surface area contributed by atoms with Gasteiger partial charge >= 0.3 is 12.1 Å². The summed E-state index contributed by atoms with van der Waals surface area (Å²) in [5.41, 5.74) is 1.79. The van der Waals surface area contributed by atoms with Crippen LogP contribution in [0, 0.1) is 0 Å². The van der Waals surface area contributed by atoms with E-state index in [0.717, 1.165) is 43.4 Å². The maximum absolute atomic E-state index is 11.6.